The summed E-state index contributed by atoms with van der Waals surface area (Å²) in [5, 5.41) is 4.41. The number of hydrogen-bond donors (Lipinski definition) is 1. The Kier molecular flexibility index (Phi) is 2.80. The number of aromatic nitrogens is 2. The summed E-state index contributed by atoms with van der Waals surface area (Å²) in [5.41, 5.74) is 9.19. The van der Waals surface area contributed by atoms with Crippen LogP contribution in [0.5, 0.6) is 0 Å². The molecular weight excluding hydrogens is 226 g/mol. The highest BCUT2D eigenvalue weighted by Gasteiger charge is 2.18. The fraction of sp³-hybridized carbons (Fsp3) is 0.357. The third kappa shape index (κ3) is 1.99. The molecule has 0 radical (unpaired) electrons. The zero-order valence-electron chi connectivity index (χ0n) is 10.5. The van der Waals surface area contributed by atoms with Gasteiger partial charge in [-0.1, -0.05) is 18.2 Å². The van der Waals surface area contributed by atoms with Crippen LogP contribution in [0.1, 0.15) is 17.9 Å². The predicted molar refractivity (Wildman–Crippen MR) is 71.2 cm³/mol. The molecule has 1 aliphatic rings. The largest absolute Gasteiger partial charge is 0.384 e. The van der Waals surface area contributed by atoms with E-state index in [2.05, 4.69) is 29.4 Å². The van der Waals surface area contributed by atoms with Gasteiger partial charge in [0.1, 0.15) is 5.82 Å². The molecule has 4 nitrogen and oxygen atoms in total. The molecule has 2 N–H and O–H groups in total. The molecule has 18 heavy (non-hydrogen) atoms. The van der Waals surface area contributed by atoms with Crippen LogP contribution in [0.15, 0.2) is 30.3 Å². The van der Waals surface area contributed by atoms with Gasteiger partial charge < -0.3 is 10.5 Å². The molecule has 0 bridgehead atoms. The minimum atomic E-state index is 0.519. The normalized spacial score (nSPS) is 19.3. The minimum absolute atomic E-state index is 0.519. The van der Waals surface area contributed by atoms with Crippen LogP contribution in [-0.2, 0) is 11.8 Å². The van der Waals surface area contributed by atoms with E-state index in [1.165, 1.54) is 5.56 Å². The molecule has 1 aromatic carbocycles. The van der Waals surface area contributed by atoms with Crippen molar-refractivity contribution < 1.29 is 4.74 Å². The molecule has 1 atom stereocenters. The molecule has 1 aromatic heterocycles. The van der Waals surface area contributed by atoms with Gasteiger partial charge in [0.05, 0.1) is 12.3 Å². The topological polar surface area (TPSA) is 53.1 Å². The summed E-state index contributed by atoms with van der Waals surface area (Å²) >= 11 is 0. The number of aryl methyl sites for hydroxylation is 1. The van der Waals surface area contributed by atoms with Crippen LogP contribution >= 0.6 is 0 Å². The smallest absolute Gasteiger partial charge is 0.121 e. The standard InChI is InChI=1S/C14H17N3O/c1-17-14(15)8-13(16-17)11-4-2-3-10(7-11)12-5-6-18-9-12/h2-4,7-8,12H,5-6,9,15H2,1H3. The van der Waals surface area contributed by atoms with Crippen molar-refractivity contribution in [2.75, 3.05) is 18.9 Å². The van der Waals surface area contributed by atoms with Crippen LogP contribution in [0.4, 0.5) is 5.82 Å². The summed E-state index contributed by atoms with van der Waals surface area (Å²) in [7, 11) is 1.85. The Morgan fingerprint density at radius 3 is 2.94 bits per heavy atom. The van der Waals surface area contributed by atoms with Gasteiger partial charge in [-0.3, -0.25) is 4.68 Å². The van der Waals surface area contributed by atoms with E-state index in [0.717, 1.165) is 30.9 Å². The van der Waals surface area contributed by atoms with Gasteiger partial charge in [-0.15, -0.1) is 0 Å². The molecule has 1 fully saturated rings. The number of hydrogen-bond acceptors (Lipinski definition) is 3. The Balaban J connectivity index is 1.95. The van der Waals surface area contributed by atoms with Crippen LogP contribution in [-0.4, -0.2) is 23.0 Å². The van der Waals surface area contributed by atoms with Gasteiger partial charge >= 0.3 is 0 Å². The first-order chi connectivity index (χ1) is 8.74. The van der Waals surface area contributed by atoms with E-state index in [0.29, 0.717) is 11.7 Å². The molecule has 2 aromatic rings. The lowest BCUT2D eigenvalue weighted by Gasteiger charge is -2.08. The summed E-state index contributed by atoms with van der Waals surface area (Å²) in [6, 6.07) is 10.4. The number of nitrogens with two attached hydrogens (primary N) is 1. The molecule has 0 amide bonds. The summed E-state index contributed by atoms with van der Waals surface area (Å²) in [6.07, 6.45) is 1.10. The molecule has 1 aliphatic heterocycles. The zero-order valence-corrected chi connectivity index (χ0v) is 10.5. The SMILES string of the molecule is Cn1nc(-c2cccc(C3CCOC3)c2)cc1N. The fourth-order valence-electron chi connectivity index (χ4n) is 2.37. The minimum Gasteiger partial charge on any atom is -0.384 e. The van der Waals surface area contributed by atoms with Crippen molar-refractivity contribution in [1.29, 1.82) is 0 Å². The van der Waals surface area contributed by atoms with Crippen molar-refractivity contribution >= 4 is 5.82 Å². The zero-order chi connectivity index (χ0) is 12.5. The summed E-state index contributed by atoms with van der Waals surface area (Å²) in [4.78, 5) is 0. The molecule has 0 saturated carbocycles. The Labute approximate surface area is 106 Å². The maximum Gasteiger partial charge on any atom is 0.121 e. The maximum absolute atomic E-state index is 5.82. The van der Waals surface area contributed by atoms with Gasteiger partial charge in [0.15, 0.2) is 0 Å². The van der Waals surface area contributed by atoms with E-state index in [1.807, 2.05) is 13.1 Å². The number of nitrogens with zero attached hydrogens (tertiary/aromatic N) is 2. The van der Waals surface area contributed by atoms with E-state index >= 15 is 0 Å². The molecule has 0 spiro atoms. The lowest BCUT2D eigenvalue weighted by Crippen LogP contribution is -1.98. The third-order valence-corrected chi connectivity index (χ3v) is 3.50. The molecule has 1 saturated heterocycles. The van der Waals surface area contributed by atoms with Crippen molar-refractivity contribution in [2.45, 2.75) is 12.3 Å². The predicted octanol–water partition coefficient (Wildman–Crippen LogP) is 2.17. The highest BCUT2D eigenvalue weighted by atomic mass is 16.5. The van der Waals surface area contributed by atoms with Crippen LogP contribution in [0.25, 0.3) is 11.3 Å². The maximum atomic E-state index is 5.82. The fourth-order valence-corrected chi connectivity index (χ4v) is 2.37. The van der Waals surface area contributed by atoms with Crippen LogP contribution < -0.4 is 5.73 Å². The van der Waals surface area contributed by atoms with E-state index < -0.39 is 0 Å². The van der Waals surface area contributed by atoms with Crippen LogP contribution in [0.3, 0.4) is 0 Å². The summed E-state index contributed by atoms with van der Waals surface area (Å²) in [5.74, 6) is 1.20. The second kappa shape index (κ2) is 4.46. The molecule has 0 aliphatic carbocycles. The van der Waals surface area contributed by atoms with Crippen LogP contribution in [0.2, 0.25) is 0 Å². The highest BCUT2D eigenvalue weighted by Crippen LogP contribution is 2.28. The molecule has 94 valence electrons. The van der Waals surface area contributed by atoms with Crippen molar-refractivity contribution in [2.24, 2.45) is 7.05 Å². The number of ether oxygens (including phenoxy) is 1. The number of benzene rings is 1. The molecule has 1 unspecified atom stereocenters. The van der Waals surface area contributed by atoms with E-state index in [4.69, 9.17) is 10.5 Å². The first kappa shape index (κ1) is 11.3. The van der Waals surface area contributed by atoms with Crippen molar-refractivity contribution in [1.82, 2.24) is 9.78 Å². The first-order valence-corrected chi connectivity index (χ1v) is 6.21. The second-order valence-electron chi connectivity index (χ2n) is 4.76. The summed E-state index contributed by atoms with van der Waals surface area (Å²) in [6.45, 7) is 1.69. The van der Waals surface area contributed by atoms with Crippen molar-refractivity contribution in [3.05, 3.63) is 35.9 Å². The lowest BCUT2D eigenvalue weighted by molar-refractivity contribution is 0.194. The van der Waals surface area contributed by atoms with Crippen molar-refractivity contribution in [3.63, 3.8) is 0 Å². The van der Waals surface area contributed by atoms with Gasteiger partial charge in [0, 0.05) is 31.2 Å². The van der Waals surface area contributed by atoms with Gasteiger partial charge in [-0.2, -0.15) is 5.10 Å². The molecular formula is C14H17N3O. The second-order valence-corrected chi connectivity index (χ2v) is 4.76. The average Bonchev–Trinajstić information content (AvgIpc) is 3.01. The van der Waals surface area contributed by atoms with E-state index in [9.17, 15) is 0 Å². The monoisotopic (exact) mass is 243 g/mol. The molecule has 3 rings (SSSR count). The van der Waals surface area contributed by atoms with E-state index in [-0.39, 0.29) is 0 Å². The van der Waals surface area contributed by atoms with Gasteiger partial charge in [0.25, 0.3) is 0 Å². The van der Waals surface area contributed by atoms with Gasteiger partial charge in [-0.25, -0.2) is 0 Å². The molecule has 2 heterocycles. The Hall–Kier alpha value is -1.81. The quantitative estimate of drug-likeness (QED) is 0.879. The first-order valence-electron chi connectivity index (χ1n) is 6.21. The van der Waals surface area contributed by atoms with Crippen molar-refractivity contribution in [3.8, 4) is 11.3 Å². The van der Waals surface area contributed by atoms with Gasteiger partial charge in [-0.05, 0) is 18.1 Å². The lowest BCUT2D eigenvalue weighted by atomic mass is 9.96. The Morgan fingerprint density at radius 2 is 2.28 bits per heavy atom. The van der Waals surface area contributed by atoms with E-state index in [1.54, 1.807) is 4.68 Å². The third-order valence-electron chi connectivity index (χ3n) is 3.50. The number of anilines is 1. The Bertz CT molecular complexity index is 536. The Morgan fingerprint density at radius 1 is 1.39 bits per heavy atom. The van der Waals surface area contributed by atoms with Crippen LogP contribution in [0, 0.1) is 0 Å². The number of nitrogen functional groups attached to an aromatic ring is 1. The molecule has 4 heteroatoms. The summed E-state index contributed by atoms with van der Waals surface area (Å²) < 4.78 is 7.14. The highest BCUT2D eigenvalue weighted by molar-refractivity contribution is 5.63. The average molecular weight is 243 g/mol. The van der Waals surface area contributed by atoms with Gasteiger partial charge in [0.2, 0.25) is 0 Å². The number of rotatable bonds is 2.